The van der Waals surface area contributed by atoms with E-state index in [0.717, 1.165) is 5.56 Å². The summed E-state index contributed by atoms with van der Waals surface area (Å²) in [6.45, 7) is 14.1. The van der Waals surface area contributed by atoms with Gasteiger partial charge in [0.15, 0.2) is 11.5 Å². The Kier molecular flexibility index (Phi) is 19.4. The van der Waals surface area contributed by atoms with Crippen molar-refractivity contribution in [1.82, 2.24) is 9.88 Å². The minimum atomic E-state index is -0.695. The molecule has 0 fully saturated rings. The fourth-order valence-corrected chi connectivity index (χ4v) is 4.18. The first-order chi connectivity index (χ1) is 21.8. The Hall–Kier alpha value is -4.11. The van der Waals surface area contributed by atoms with Gasteiger partial charge in [-0.3, -0.25) is 14.4 Å². The van der Waals surface area contributed by atoms with Gasteiger partial charge in [0.25, 0.3) is 5.56 Å². The van der Waals surface area contributed by atoms with Crippen molar-refractivity contribution in [3.8, 4) is 11.5 Å². The molecule has 1 aromatic heterocycles. The van der Waals surface area contributed by atoms with E-state index in [1.54, 1.807) is 37.3 Å². The average molecular weight is 625 g/mol. The highest BCUT2D eigenvalue weighted by Gasteiger charge is 2.24. The largest absolute Gasteiger partial charge is 0.466 e. The number of aromatic nitrogens is 1. The average Bonchev–Trinajstić information content (AvgIpc) is 3.53. The number of aliphatic hydroxyl groups excluding tert-OH is 1. The maximum atomic E-state index is 13.2. The first-order valence-corrected chi connectivity index (χ1v) is 16.0. The smallest absolute Gasteiger partial charge is 0.308 e. The van der Waals surface area contributed by atoms with E-state index in [4.69, 9.17) is 14.2 Å². The lowest BCUT2D eigenvalue weighted by molar-refractivity contribution is -0.143. The molecule has 0 aliphatic carbocycles. The number of esters is 1. The van der Waals surface area contributed by atoms with Crippen LogP contribution < -0.4 is 20.3 Å². The molecule has 2 aromatic carbocycles. The van der Waals surface area contributed by atoms with Crippen LogP contribution in [0.1, 0.15) is 103 Å². The molecular formula is C36H52N2O7. The SMILES string of the molecule is CC.CCC.CCCC.CCOC(=O)CC(NC(=O)Cn1cccc(C(CO)c2ccccc2)c1=O)c1ccc2c(c1)OCO2. The van der Waals surface area contributed by atoms with E-state index in [1.807, 2.05) is 44.2 Å². The van der Waals surface area contributed by atoms with Gasteiger partial charge in [0, 0.05) is 17.7 Å². The Morgan fingerprint density at radius 2 is 1.56 bits per heavy atom. The summed E-state index contributed by atoms with van der Waals surface area (Å²) in [6, 6.07) is 17.0. The first-order valence-electron chi connectivity index (χ1n) is 16.0. The summed E-state index contributed by atoms with van der Waals surface area (Å²) in [5.41, 5.74) is 1.46. The number of nitrogens with one attached hydrogen (secondary N) is 1. The van der Waals surface area contributed by atoms with Crippen LogP contribution in [0.25, 0.3) is 0 Å². The molecule has 0 saturated carbocycles. The summed E-state index contributed by atoms with van der Waals surface area (Å²) in [5.74, 6) is -0.329. The van der Waals surface area contributed by atoms with E-state index < -0.39 is 23.8 Å². The van der Waals surface area contributed by atoms with Gasteiger partial charge in [-0.15, -0.1) is 0 Å². The van der Waals surface area contributed by atoms with E-state index >= 15 is 0 Å². The zero-order valence-corrected chi connectivity index (χ0v) is 28.0. The number of benzene rings is 2. The molecule has 45 heavy (non-hydrogen) atoms. The van der Waals surface area contributed by atoms with Crippen LogP contribution in [0.4, 0.5) is 0 Å². The first kappa shape index (κ1) is 38.9. The number of fused-ring (bicyclic) bond motifs is 1. The number of hydrogen-bond donors (Lipinski definition) is 2. The highest BCUT2D eigenvalue weighted by molar-refractivity contribution is 5.78. The normalized spacial score (nSPS) is 12.1. The third-order valence-corrected chi connectivity index (χ3v) is 6.43. The molecule has 2 N–H and O–H groups in total. The number of aliphatic hydroxyl groups is 1. The van der Waals surface area contributed by atoms with Crippen LogP contribution in [0.5, 0.6) is 11.5 Å². The van der Waals surface area contributed by atoms with Gasteiger partial charge in [-0.2, -0.15) is 0 Å². The summed E-state index contributed by atoms with van der Waals surface area (Å²) >= 11 is 0. The van der Waals surface area contributed by atoms with Crippen LogP contribution in [0.15, 0.2) is 71.7 Å². The van der Waals surface area contributed by atoms with Gasteiger partial charge in [-0.1, -0.05) is 103 Å². The van der Waals surface area contributed by atoms with Crippen molar-refractivity contribution in [1.29, 1.82) is 0 Å². The van der Waals surface area contributed by atoms with Gasteiger partial charge in [0.2, 0.25) is 12.7 Å². The molecule has 0 saturated heterocycles. The van der Waals surface area contributed by atoms with Crippen molar-refractivity contribution < 1.29 is 28.9 Å². The molecule has 2 unspecified atom stereocenters. The number of hydrogen-bond acceptors (Lipinski definition) is 7. The molecule has 0 radical (unpaired) electrons. The summed E-state index contributed by atoms with van der Waals surface area (Å²) in [4.78, 5) is 38.4. The van der Waals surface area contributed by atoms with Crippen molar-refractivity contribution in [2.45, 2.75) is 92.7 Å². The number of nitrogens with zero attached hydrogens (tertiary/aromatic N) is 1. The predicted molar refractivity (Wildman–Crippen MR) is 179 cm³/mol. The van der Waals surface area contributed by atoms with E-state index in [-0.39, 0.29) is 38.5 Å². The van der Waals surface area contributed by atoms with Gasteiger partial charge in [0.05, 0.1) is 25.7 Å². The van der Waals surface area contributed by atoms with Crippen LogP contribution in [0.2, 0.25) is 0 Å². The van der Waals surface area contributed by atoms with Gasteiger partial charge >= 0.3 is 5.97 Å². The number of carbonyl (C=O) groups excluding carboxylic acids is 2. The lowest BCUT2D eigenvalue weighted by atomic mass is 9.93. The Labute approximate surface area is 268 Å². The minimum absolute atomic E-state index is 0.0885. The zero-order valence-electron chi connectivity index (χ0n) is 28.0. The maximum Gasteiger partial charge on any atom is 0.308 e. The second-order valence-electron chi connectivity index (χ2n) is 9.99. The van der Waals surface area contributed by atoms with Crippen LogP contribution >= 0.6 is 0 Å². The quantitative estimate of drug-likeness (QED) is 0.227. The molecule has 248 valence electrons. The number of unbranched alkanes of at least 4 members (excludes halogenated alkanes) is 1. The van der Waals surface area contributed by atoms with E-state index in [1.165, 1.54) is 30.0 Å². The third kappa shape index (κ3) is 12.8. The molecule has 4 rings (SSSR count). The van der Waals surface area contributed by atoms with Crippen molar-refractivity contribution in [3.63, 3.8) is 0 Å². The lowest BCUT2D eigenvalue weighted by Gasteiger charge is -2.20. The van der Waals surface area contributed by atoms with Crippen molar-refractivity contribution in [2.75, 3.05) is 20.0 Å². The molecular weight excluding hydrogens is 572 g/mol. The second-order valence-corrected chi connectivity index (χ2v) is 9.99. The van der Waals surface area contributed by atoms with Crippen LogP contribution in [0.3, 0.4) is 0 Å². The second kappa shape index (κ2) is 22.4. The molecule has 1 aliphatic heterocycles. The Morgan fingerprint density at radius 3 is 2.16 bits per heavy atom. The molecule has 9 heteroatoms. The molecule has 0 spiro atoms. The number of pyridine rings is 1. The van der Waals surface area contributed by atoms with Crippen LogP contribution in [-0.4, -0.2) is 41.6 Å². The highest BCUT2D eigenvalue weighted by Crippen LogP contribution is 2.35. The van der Waals surface area contributed by atoms with Crippen LogP contribution in [0, 0.1) is 0 Å². The Morgan fingerprint density at radius 1 is 0.911 bits per heavy atom. The van der Waals surface area contributed by atoms with E-state index in [0.29, 0.717) is 22.6 Å². The number of amides is 1. The molecule has 1 amide bonds. The summed E-state index contributed by atoms with van der Waals surface area (Å²) in [6.07, 6.45) is 5.32. The van der Waals surface area contributed by atoms with E-state index in [9.17, 15) is 19.5 Å². The number of ether oxygens (including phenoxy) is 3. The number of rotatable bonds is 11. The molecule has 2 atom stereocenters. The molecule has 0 bridgehead atoms. The Bertz CT molecular complexity index is 1320. The predicted octanol–water partition coefficient (Wildman–Crippen LogP) is 6.76. The van der Waals surface area contributed by atoms with Crippen molar-refractivity contribution in [2.24, 2.45) is 0 Å². The van der Waals surface area contributed by atoms with Gasteiger partial charge in [0.1, 0.15) is 6.54 Å². The molecule has 3 aromatic rings. The van der Waals surface area contributed by atoms with Crippen molar-refractivity contribution in [3.05, 3.63) is 93.9 Å². The maximum absolute atomic E-state index is 13.2. The van der Waals surface area contributed by atoms with E-state index in [2.05, 4.69) is 33.0 Å². The monoisotopic (exact) mass is 624 g/mol. The van der Waals surface area contributed by atoms with Gasteiger partial charge in [-0.25, -0.2) is 0 Å². The molecule has 1 aliphatic rings. The van der Waals surface area contributed by atoms with Crippen LogP contribution in [-0.2, 0) is 20.9 Å². The van der Waals surface area contributed by atoms with Crippen molar-refractivity contribution >= 4 is 11.9 Å². The topological polar surface area (TPSA) is 116 Å². The zero-order chi connectivity index (χ0) is 33.6. The summed E-state index contributed by atoms with van der Waals surface area (Å²) < 4.78 is 17.1. The molecule has 2 heterocycles. The lowest BCUT2D eigenvalue weighted by Crippen LogP contribution is -2.36. The van der Waals surface area contributed by atoms with Gasteiger partial charge in [-0.05, 0) is 36.2 Å². The van der Waals surface area contributed by atoms with Gasteiger partial charge < -0.3 is 29.2 Å². The fourth-order valence-electron chi connectivity index (χ4n) is 4.18. The summed E-state index contributed by atoms with van der Waals surface area (Å²) in [5, 5.41) is 12.8. The Balaban J connectivity index is 0.00000101. The molecule has 9 nitrogen and oxygen atoms in total. The minimum Gasteiger partial charge on any atom is -0.466 e. The standard InChI is InChI=1S/C27H28N2O7.C4H10.C3H8.C2H6/c1-2-34-26(32)14-22(19-10-11-23-24(13-19)36-17-35-23)28-25(31)15-29-12-6-9-20(27(29)33)21(16-30)18-7-4-3-5-8-18;1-3-4-2;1-3-2;1-2/h3-13,21-22,30H,2,14-17H2,1H3,(H,28,31);3-4H2,1-2H3;3H2,1-2H3;1-2H3. The number of carbonyl (C=O) groups is 2. The fraction of sp³-hybridized carbons (Fsp3) is 0.472. The third-order valence-electron chi connectivity index (χ3n) is 6.43. The highest BCUT2D eigenvalue weighted by atomic mass is 16.7. The summed E-state index contributed by atoms with van der Waals surface area (Å²) in [7, 11) is 0.